The van der Waals surface area contributed by atoms with Gasteiger partial charge in [0.15, 0.2) is 0 Å². The van der Waals surface area contributed by atoms with E-state index in [2.05, 4.69) is 0 Å². The molecule has 0 N–H and O–H groups in total. The number of amides is 2. The molecule has 5 heteroatoms. The van der Waals surface area contributed by atoms with Crippen molar-refractivity contribution in [3.05, 3.63) is 154 Å². The number of fused-ring (bicyclic) bond motifs is 3. The van der Waals surface area contributed by atoms with Crippen molar-refractivity contribution >= 4 is 34.7 Å². The van der Waals surface area contributed by atoms with E-state index in [4.69, 9.17) is 11.6 Å². The van der Waals surface area contributed by atoms with E-state index in [1.807, 2.05) is 91.0 Å². The van der Waals surface area contributed by atoms with Crippen LogP contribution in [0.2, 0.25) is 5.02 Å². The van der Waals surface area contributed by atoms with E-state index in [1.54, 1.807) is 0 Å². The van der Waals surface area contributed by atoms with Gasteiger partial charge in [-0.25, -0.2) is 9.29 Å². The van der Waals surface area contributed by atoms with Gasteiger partial charge in [0.25, 0.3) is 11.8 Å². The van der Waals surface area contributed by atoms with Crippen molar-refractivity contribution in [3.8, 4) is 0 Å². The molecule has 1 aliphatic carbocycles. The second-order valence-corrected chi connectivity index (χ2v) is 9.17. The van der Waals surface area contributed by atoms with Crippen LogP contribution in [0.1, 0.15) is 22.3 Å². The van der Waals surface area contributed by atoms with Crippen molar-refractivity contribution in [2.75, 3.05) is 4.90 Å². The van der Waals surface area contributed by atoms with Gasteiger partial charge in [-0.3, -0.25) is 9.59 Å². The highest BCUT2D eigenvalue weighted by Crippen LogP contribution is 2.51. The van der Waals surface area contributed by atoms with Gasteiger partial charge in [0.1, 0.15) is 11.2 Å². The van der Waals surface area contributed by atoms with Crippen molar-refractivity contribution < 1.29 is 14.0 Å². The van der Waals surface area contributed by atoms with Crippen molar-refractivity contribution in [2.45, 2.75) is 5.41 Å². The molecule has 36 heavy (non-hydrogen) atoms. The molecule has 0 spiro atoms. The summed E-state index contributed by atoms with van der Waals surface area (Å²) in [5, 5.41) is -0.0805. The number of hydrogen-bond acceptors (Lipinski definition) is 2. The van der Waals surface area contributed by atoms with Gasteiger partial charge in [-0.15, -0.1) is 0 Å². The van der Waals surface area contributed by atoms with Crippen LogP contribution in [0.5, 0.6) is 0 Å². The van der Waals surface area contributed by atoms with Crippen LogP contribution in [0.4, 0.5) is 10.1 Å². The molecule has 0 aromatic heterocycles. The molecule has 0 radical (unpaired) electrons. The highest BCUT2D eigenvalue weighted by molar-refractivity contribution is 6.31. The quantitative estimate of drug-likeness (QED) is 0.299. The molecule has 1 unspecified atom stereocenters. The smallest absolute Gasteiger partial charge is 0.258 e. The second-order valence-electron chi connectivity index (χ2n) is 8.76. The Kier molecular flexibility index (Phi) is 5.20. The lowest BCUT2D eigenvalue weighted by Gasteiger charge is -2.44. The molecule has 2 amide bonds. The molecule has 0 saturated carbocycles. The first-order chi connectivity index (χ1) is 17.5. The number of anilines is 1. The molecule has 1 heterocycles. The Morgan fingerprint density at radius 3 is 2.14 bits per heavy atom. The summed E-state index contributed by atoms with van der Waals surface area (Å²) in [5.74, 6) is -1.70. The molecule has 6 rings (SSSR count). The number of halogens is 2. The lowest BCUT2D eigenvalue weighted by Crippen LogP contribution is -2.55. The minimum Gasteiger partial charge on any atom is -0.272 e. The van der Waals surface area contributed by atoms with Gasteiger partial charge >= 0.3 is 0 Å². The lowest BCUT2D eigenvalue weighted by molar-refractivity contribution is -0.127. The van der Waals surface area contributed by atoms with Crippen LogP contribution in [0, 0.1) is 5.82 Å². The molecule has 174 valence electrons. The maximum atomic E-state index is 14.6. The van der Waals surface area contributed by atoms with Crippen LogP contribution < -0.4 is 4.90 Å². The third-order valence-corrected chi connectivity index (χ3v) is 7.14. The Labute approximate surface area is 212 Å². The number of imide groups is 1. The van der Waals surface area contributed by atoms with E-state index in [0.717, 1.165) is 38.8 Å². The average Bonchev–Trinajstić information content (AvgIpc) is 2.91. The second kappa shape index (κ2) is 8.43. The Bertz CT molecular complexity index is 1590. The van der Waals surface area contributed by atoms with Crippen molar-refractivity contribution in [2.24, 2.45) is 0 Å². The largest absolute Gasteiger partial charge is 0.272 e. The summed E-state index contributed by atoms with van der Waals surface area (Å²) in [4.78, 5) is 29.1. The van der Waals surface area contributed by atoms with E-state index in [0.29, 0.717) is 5.57 Å². The maximum absolute atomic E-state index is 14.6. The maximum Gasteiger partial charge on any atom is 0.258 e. The minimum absolute atomic E-state index is 0.0805. The topological polar surface area (TPSA) is 37.4 Å². The standard InChI is InChI=1S/C31H19ClFNO2/c32-27-16-15-23(19-28(27)33)34-29(35)18-22-17-25(20-9-3-1-4-10-20)24-13-7-8-14-26(24)31(22,30(34)36)21-11-5-2-6-12-21/h1-19H. The SMILES string of the molecule is O=C1C=C2C=C(c3ccccc3)c3ccccc3C2(c2ccccc2)C(=O)N1c1ccc(Cl)c(F)c1. The van der Waals surface area contributed by atoms with E-state index < -0.39 is 23.0 Å². The first-order valence-corrected chi connectivity index (χ1v) is 11.9. The normalized spacial score (nSPS) is 18.8. The Morgan fingerprint density at radius 1 is 0.750 bits per heavy atom. The van der Waals surface area contributed by atoms with E-state index >= 15 is 0 Å². The third kappa shape index (κ3) is 3.19. The minimum atomic E-state index is -1.29. The number of allylic oxidation sites excluding steroid dienone is 1. The fourth-order valence-corrected chi connectivity index (χ4v) is 5.37. The zero-order valence-electron chi connectivity index (χ0n) is 19.0. The first-order valence-electron chi connectivity index (χ1n) is 11.5. The van der Waals surface area contributed by atoms with Crippen LogP contribution in [-0.4, -0.2) is 11.8 Å². The molecule has 4 aromatic carbocycles. The molecule has 2 aliphatic rings. The fourth-order valence-electron chi connectivity index (χ4n) is 5.25. The summed E-state index contributed by atoms with van der Waals surface area (Å²) < 4.78 is 14.4. The zero-order valence-corrected chi connectivity index (χ0v) is 19.7. The number of carbonyl (C=O) groups is 2. The average molecular weight is 492 g/mol. The molecule has 3 nitrogen and oxygen atoms in total. The van der Waals surface area contributed by atoms with E-state index in [1.165, 1.54) is 18.2 Å². The van der Waals surface area contributed by atoms with Gasteiger partial charge in [0, 0.05) is 6.08 Å². The van der Waals surface area contributed by atoms with Gasteiger partial charge in [0.2, 0.25) is 0 Å². The number of nitrogens with zero attached hydrogens (tertiary/aromatic N) is 1. The Balaban J connectivity index is 1.68. The molecule has 0 bridgehead atoms. The molecular formula is C31H19ClFNO2. The fraction of sp³-hybridized carbons (Fsp3) is 0.0323. The van der Waals surface area contributed by atoms with Crippen LogP contribution in [0.3, 0.4) is 0 Å². The molecular weight excluding hydrogens is 473 g/mol. The number of rotatable bonds is 3. The van der Waals surface area contributed by atoms with Gasteiger partial charge in [-0.05, 0) is 57.7 Å². The predicted molar refractivity (Wildman–Crippen MR) is 139 cm³/mol. The van der Waals surface area contributed by atoms with Gasteiger partial charge in [-0.1, -0.05) is 96.5 Å². The van der Waals surface area contributed by atoms with Crippen molar-refractivity contribution in [1.29, 1.82) is 0 Å². The molecule has 1 atom stereocenters. The van der Waals surface area contributed by atoms with Crippen LogP contribution >= 0.6 is 11.6 Å². The Hall–Kier alpha value is -4.28. The summed E-state index contributed by atoms with van der Waals surface area (Å²) >= 11 is 5.88. The van der Waals surface area contributed by atoms with Crippen LogP contribution in [-0.2, 0) is 15.0 Å². The number of carbonyl (C=O) groups excluding carboxylic acids is 2. The number of benzene rings is 4. The predicted octanol–water partition coefficient (Wildman–Crippen LogP) is 6.71. The third-order valence-electron chi connectivity index (χ3n) is 6.83. The van der Waals surface area contributed by atoms with Gasteiger partial charge in [0.05, 0.1) is 10.7 Å². The molecule has 0 fully saturated rings. The first kappa shape index (κ1) is 22.2. The van der Waals surface area contributed by atoms with Gasteiger partial charge in [-0.2, -0.15) is 0 Å². The van der Waals surface area contributed by atoms with Crippen molar-refractivity contribution in [1.82, 2.24) is 0 Å². The monoisotopic (exact) mass is 491 g/mol. The molecule has 1 aliphatic heterocycles. The van der Waals surface area contributed by atoms with Crippen LogP contribution in [0.15, 0.2) is 121 Å². The summed E-state index contributed by atoms with van der Waals surface area (Å²) in [6.45, 7) is 0. The highest BCUT2D eigenvalue weighted by atomic mass is 35.5. The molecule has 0 saturated heterocycles. The lowest BCUT2D eigenvalue weighted by atomic mass is 9.61. The summed E-state index contributed by atoms with van der Waals surface area (Å²) in [6, 6.07) is 31.0. The van der Waals surface area contributed by atoms with Crippen molar-refractivity contribution in [3.63, 3.8) is 0 Å². The highest BCUT2D eigenvalue weighted by Gasteiger charge is 2.54. The zero-order chi connectivity index (χ0) is 24.9. The van der Waals surface area contributed by atoms with Gasteiger partial charge < -0.3 is 0 Å². The van der Waals surface area contributed by atoms with Crippen LogP contribution in [0.25, 0.3) is 5.57 Å². The number of hydrogen-bond donors (Lipinski definition) is 0. The summed E-state index contributed by atoms with van der Waals surface area (Å²) in [6.07, 6.45) is 3.42. The van der Waals surface area contributed by atoms with E-state index in [9.17, 15) is 14.0 Å². The summed E-state index contributed by atoms with van der Waals surface area (Å²) in [5.41, 5.74) is 3.71. The Morgan fingerprint density at radius 2 is 1.42 bits per heavy atom. The summed E-state index contributed by atoms with van der Waals surface area (Å²) in [7, 11) is 0. The van der Waals surface area contributed by atoms with E-state index in [-0.39, 0.29) is 10.7 Å². The molecule has 4 aromatic rings.